The quantitative estimate of drug-likeness (QED) is 0.358. The molecular weight excluding hydrogens is 522 g/mol. The standard InChI is InChI=1S/C32H43N3O4S/c1-5-16-33-17-10-14-31(4)25(28(33)37)26-29(38)35(18-8-6-7-9-20-36)27-30(39)34(19-11-15-32(26,27)40-31)24-21-22(2)12-13-23(24)3/h10-15,21,25-27,36H,5-9,16-20H2,1-4H3/t25-,26-,27?,31+,32-/m0/s1. The number of aryl methyl sites for hydroxylation is 2. The minimum Gasteiger partial charge on any atom is -0.396 e. The molecule has 4 heterocycles. The van der Waals surface area contributed by atoms with Crippen LogP contribution in [0.1, 0.15) is 57.1 Å². The Balaban J connectivity index is 1.58. The fraction of sp³-hybridized carbons (Fsp3) is 0.594. The fourth-order valence-electron chi connectivity index (χ4n) is 7.26. The molecule has 4 aliphatic heterocycles. The van der Waals surface area contributed by atoms with Crippen LogP contribution in [0.3, 0.4) is 0 Å². The van der Waals surface area contributed by atoms with E-state index in [0.717, 1.165) is 48.9 Å². The summed E-state index contributed by atoms with van der Waals surface area (Å²) >= 11 is 1.65. The monoisotopic (exact) mass is 565 g/mol. The van der Waals surface area contributed by atoms with Gasteiger partial charge in [0.2, 0.25) is 11.8 Å². The zero-order valence-electron chi connectivity index (χ0n) is 24.3. The number of benzene rings is 1. The van der Waals surface area contributed by atoms with Gasteiger partial charge in [-0.05, 0) is 57.2 Å². The number of nitrogens with zero attached hydrogens (tertiary/aromatic N) is 3. The van der Waals surface area contributed by atoms with Crippen LogP contribution in [0.15, 0.2) is 42.5 Å². The highest BCUT2D eigenvalue weighted by atomic mass is 32.2. The number of hydrogen-bond acceptors (Lipinski definition) is 5. The van der Waals surface area contributed by atoms with Crippen molar-refractivity contribution >= 4 is 35.2 Å². The van der Waals surface area contributed by atoms with Crippen LogP contribution in [0.4, 0.5) is 5.69 Å². The van der Waals surface area contributed by atoms with E-state index in [2.05, 4.69) is 38.1 Å². The van der Waals surface area contributed by atoms with E-state index in [0.29, 0.717) is 26.2 Å². The van der Waals surface area contributed by atoms with Gasteiger partial charge >= 0.3 is 0 Å². The topological polar surface area (TPSA) is 81.2 Å². The molecule has 0 aliphatic carbocycles. The summed E-state index contributed by atoms with van der Waals surface area (Å²) in [7, 11) is 0. The Bertz CT molecular complexity index is 1230. The van der Waals surface area contributed by atoms with Crippen molar-refractivity contribution in [2.75, 3.05) is 37.7 Å². The van der Waals surface area contributed by atoms with E-state index in [4.69, 9.17) is 0 Å². The molecule has 1 aromatic rings. The molecule has 0 aromatic heterocycles. The molecule has 0 radical (unpaired) electrons. The third-order valence-electron chi connectivity index (χ3n) is 9.10. The number of carbonyl (C=O) groups excluding carboxylic acids is 3. The normalized spacial score (nSPS) is 31.4. The van der Waals surface area contributed by atoms with Crippen LogP contribution < -0.4 is 4.90 Å². The van der Waals surface area contributed by atoms with E-state index in [-0.39, 0.29) is 24.3 Å². The predicted octanol–water partition coefficient (Wildman–Crippen LogP) is 4.25. The Kier molecular flexibility index (Phi) is 8.22. The van der Waals surface area contributed by atoms with Crippen molar-refractivity contribution in [1.29, 1.82) is 0 Å². The number of fused-ring (bicyclic) bond motifs is 2. The molecule has 7 nitrogen and oxygen atoms in total. The number of thioether (sulfide) groups is 1. The smallest absolute Gasteiger partial charge is 0.251 e. The minimum atomic E-state index is -0.819. The highest BCUT2D eigenvalue weighted by Gasteiger charge is 2.73. The van der Waals surface area contributed by atoms with Crippen molar-refractivity contribution in [2.24, 2.45) is 11.8 Å². The molecule has 5 atom stereocenters. The number of amides is 3. The summed E-state index contributed by atoms with van der Waals surface area (Å²) in [5, 5.41) is 9.20. The largest absolute Gasteiger partial charge is 0.396 e. The van der Waals surface area contributed by atoms with Gasteiger partial charge in [0.25, 0.3) is 5.91 Å². The molecule has 5 rings (SSSR count). The summed E-state index contributed by atoms with van der Waals surface area (Å²) in [5.74, 6) is -1.24. The van der Waals surface area contributed by atoms with E-state index in [1.807, 2.05) is 41.9 Å². The van der Waals surface area contributed by atoms with Gasteiger partial charge in [-0.3, -0.25) is 14.4 Å². The Hall–Kier alpha value is -2.58. The molecule has 0 saturated carbocycles. The van der Waals surface area contributed by atoms with Gasteiger partial charge in [0.1, 0.15) is 6.04 Å². The van der Waals surface area contributed by atoms with Gasteiger partial charge in [-0.15, -0.1) is 11.8 Å². The molecular formula is C32H43N3O4S. The van der Waals surface area contributed by atoms with Crippen LogP contribution in [0.2, 0.25) is 0 Å². The summed E-state index contributed by atoms with van der Waals surface area (Å²) in [6, 6.07) is 5.46. The van der Waals surface area contributed by atoms with Gasteiger partial charge in [0.05, 0.1) is 16.6 Å². The van der Waals surface area contributed by atoms with Crippen molar-refractivity contribution < 1.29 is 19.5 Å². The van der Waals surface area contributed by atoms with Gasteiger partial charge < -0.3 is 19.8 Å². The predicted molar refractivity (Wildman–Crippen MR) is 160 cm³/mol. The number of unbranched alkanes of at least 4 members (excludes halogenated alkanes) is 3. The van der Waals surface area contributed by atoms with E-state index < -0.39 is 27.4 Å². The SMILES string of the molecule is CCCN1CC=C[C@@]2(C)S[C@]34C=CCN(c5cc(C)ccc5C)C(=O)C3N(CCCCCCO)C(=O)[C@@H]4[C@H]2C1=O. The van der Waals surface area contributed by atoms with Crippen molar-refractivity contribution in [1.82, 2.24) is 9.80 Å². The van der Waals surface area contributed by atoms with E-state index >= 15 is 0 Å². The summed E-state index contributed by atoms with van der Waals surface area (Å²) in [6.45, 7) is 10.5. The molecule has 1 unspecified atom stereocenters. The first kappa shape index (κ1) is 28.9. The van der Waals surface area contributed by atoms with Gasteiger partial charge in [-0.2, -0.15) is 0 Å². The second-order valence-electron chi connectivity index (χ2n) is 12.0. The Morgan fingerprint density at radius 3 is 2.42 bits per heavy atom. The molecule has 40 heavy (non-hydrogen) atoms. The van der Waals surface area contributed by atoms with E-state index in [1.54, 1.807) is 16.7 Å². The van der Waals surface area contributed by atoms with Gasteiger partial charge in [0.15, 0.2) is 0 Å². The average Bonchev–Trinajstić information content (AvgIpc) is 3.18. The van der Waals surface area contributed by atoms with Crippen LogP contribution in [0.25, 0.3) is 0 Å². The summed E-state index contributed by atoms with van der Waals surface area (Å²) in [4.78, 5) is 48.8. The molecule has 216 valence electrons. The molecule has 2 fully saturated rings. The first-order valence-corrected chi connectivity index (χ1v) is 15.6. The number of anilines is 1. The minimum absolute atomic E-state index is 0.0251. The lowest BCUT2D eigenvalue weighted by Crippen LogP contribution is -2.53. The third-order valence-corrected chi connectivity index (χ3v) is 10.9. The maximum absolute atomic E-state index is 14.7. The molecule has 8 heteroatoms. The Labute approximate surface area is 242 Å². The zero-order chi connectivity index (χ0) is 28.7. The lowest BCUT2D eigenvalue weighted by molar-refractivity contribution is -0.143. The number of aliphatic hydroxyl groups excluding tert-OH is 1. The fourth-order valence-corrected chi connectivity index (χ4v) is 9.41. The number of rotatable bonds is 9. The highest BCUT2D eigenvalue weighted by Crippen LogP contribution is 2.65. The summed E-state index contributed by atoms with van der Waals surface area (Å²) in [6.07, 6.45) is 12.4. The van der Waals surface area contributed by atoms with Crippen LogP contribution in [0, 0.1) is 25.7 Å². The molecule has 1 spiro atoms. The highest BCUT2D eigenvalue weighted by molar-refractivity contribution is 8.02. The number of aliphatic hydroxyl groups is 1. The Morgan fingerprint density at radius 2 is 1.68 bits per heavy atom. The van der Waals surface area contributed by atoms with Crippen LogP contribution in [0.5, 0.6) is 0 Å². The summed E-state index contributed by atoms with van der Waals surface area (Å²) in [5.41, 5.74) is 2.97. The van der Waals surface area contributed by atoms with Crippen LogP contribution in [-0.2, 0) is 14.4 Å². The number of carbonyl (C=O) groups is 3. The van der Waals surface area contributed by atoms with E-state index in [9.17, 15) is 19.5 Å². The molecule has 3 amide bonds. The maximum Gasteiger partial charge on any atom is 0.251 e. The zero-order valence-corrected chi connectivity index (χ0v) is 25.1. The number of likely N-dealkylation sites (tertiary alicyclic amines) is 1. The lowest BCUT2D eigenvalue weighted by atomic mass is 9.74. The van der Waals surface area contributed by atoms with Gasteiger partial charge in [-0.1, -0.05) is 56.2 Å². The molecule has 1 N–H and O–H groups in total. The number of hydrogen-bond donors (Lipinski definition) is 1. The average molecular weight is 566 g/mol. The Morgan fingerprint density at radius 1 is 0.925 bits per heavy atom. The van der Waals surface area contributed by atoms with E-state index in [1.165, 1.54) is 0 Å². The van der Waals surface area contributed by atoms with Gasteiger partial charge in [-0.25, -0.2) is 0 Å². The van der Waals surface area contributed by atoms with Crippen LogP contribution in [-0.4, -0.2) is 80.9 Å². The molecule has 4 aliphatic rings. The second-order valence-corrected chi connectivity index (χ2v) is 13.8. The third kappa shape index (κ3) is 4.71. The second kappa shape index (κ2) is 11.4. The molecule has 0 bridgehead atoms. The van der Waals surface area contributed by atoms with Gasteiger partial charge in [0, 0.05) is 43.2 Å². The lowest BCUT2D eigenvalue weighted by Gasteiger charge is -2.37. The maximum atomic E-state index is 14.7. The first-order chi connectivity index (χ1) is 19.2. The molecule has 2 saturated heterocycles. The molecule has 1 aromatic carbocycles. The van der Waals surface area contributed by atoms with Crippen molar-refractivity contribution in [3.63, 3.8) is 0 Å². The summed E-state index contributed by atoms with van der Waals surface area (Å²) < 4.78 is -1.40. The van der Waals surface area contributed by atoms with Crippen molar-refractivity contribution in [3.8, 4) is 0 Å². The van der Waals surface area contributed by atoms with Crippen molar-refractivity contribution in [3.05, 3.63) is 53.6 Å². The van der Waals surface area contributed by atoms with Crippen molar-refractivity contribution in [2.45, 2.75) is 75.3 Å². The first-order valence-electron chi connectivity index (χ1n) is 14.8. The van der Waals surface area contributed by atoms with Crippen LogP contribution >= 0.6 is 11.8 Å².